The molecule has 2 atom stereocenters. The topological polar surface area (TPSA) is 66.4 Å². The van der Waals surface area contributed by atoms with Crippen molar-refractivity contribution in [3.63, 3.8) is 0 Å². The summed E-state index contributed by atoms with van der Waals surface area (Å²) in [7, 11) is 0. The fourth-order valence-electron chi connectivity index (χ4n) is 1.76. The van der Waals surface area contributed by atoms with E-state index in [-0.39, 0.29) is 28.1 Å². The van der Waals surface area contributed by atoms with Crippen molar-refractivity contribution in [1.29, 1.82) is 0 Å². The summed E-state index contributed by atoms with van der Waals surface area (Å²) in [6.07, 6.45) is 0.574. The predicted molar refractivity (Wildman–Crippen MR) is 76.6 cm³/mol. The summed E-state index contributed by atoms with van der Waals surface area (Å²) in [5.41, 5.74) is 0.0531. The Labute approximate surface area is 125 Å². The molecule has 1 amide bonds. The van der Waals surface area contributed by atoms with Crippen molar-refractivity contribution in [2.75, 3.05) is 0 Å². The predicted octanol–water partition coefficient (Wildman–Crippen LogP) is 3.23. The number of thioether (sulfide) groups is 1. The van der Waals surface area contributed by atoms with Crippen LogP contribution in [0.5, 0.6) is 0 Å². The van der Waals surface area contributed by atoms with E-state index in [1.54, 1.807) is 19.1 Å². The van der Waals surface area contributed by atoms with Gasteiger partial charge in [0.05, 0.1) is 5.56 Å². The third kappa shape index (κ3) is 5.00. The number of halogens is 2. The van der Waals surface area contributed by atoms with Crippen LogP contribution in [0.15, 0.2) is 29.2 Å². The van der Waals surface area contributed by atoms with Gasteiger partial charge in [0.25, 0.3) is 11.7 Å². The molecule has 7 heteroatoms. The van der Waals surface area contributed by atoms with Crippen LogP contribution in [0, 0.1) is 5.92 Å². The molecule has 116 valence electrons. The lowest BCUT2D eigenvalue weighted by atomic mass is 9.99. The number of carboxylic acids is 1. The molecular formula is C14H17F2NO3S. The number of alkyl halides is 2. The number of hydrogen-bond donors (Lipinski definition) is 2. The summed E-state index contributed by atoms with van der Waals surface area (Å²) in [6, 6.07) is 4.85. The second kappa shape index (κ2) is 7.97. The van der Waals surface area contributed by atoms with Gasteiger partial charge < -0.3 is 10.4 Å². The number of carbonyl (C=O) groups is 2. The first-order valence-corrected chi connectivity index (χ1v) is 7.32. The Morgan fingerprint density at radius 1 is 1.33 bits per heavy atom. The first-order valence-electron chi connectivity index (χ1n) is 6.44. The lowest BCUT2D eigenvalue weighted by Crippen LogP contribution is -2.45. The summed E-state index contributed by atoms with van der Waals surface area (Å²) in [4.78, 5) is 23.5. The van der Waals surface area contributed by atoms with Gasteiger partial charge in [0.15, 0.2) is 0 Å². The quantitative estimate of drug-likeness (QED) is 0.758. The number of benzene rings is 1. The number of aliphatic carboxylic acids is 1. The van der Waals surface area contributed by atoms with Gasteiger partial charge in [-0.2, -0.15) is 8.78 Å². The van der Waals surface area contributed by atoms with Gasteiger partial charge in [0.2, 0.25) is 0 Å². The highest BCUT2D eigenvalue weighted by Crippen LogP contribution is 2.28. The molecule has 0 fully saturated rings. The average Bonchev–Trinajstić information content (AvgIpc) is 2.43. The van der Waals surface area contributed by atoms with Crippen LogP contribution in [-0.4, -0.2) is 28.8 Å². The SMILES string of the molecule is CCC(C)[C@H](NC(=O)c1ccccc1SC(F)F)C(=O)O. The number of carbonyl (C=O) groups excluding carboxylic acids is 1. The fourth-order valence-corrected chi connectivity index (χ4v) is 2.39. The third-order valence-electron chi connectivity index (χ3n) is 3.11. The average molecular weight is 317 g/mol. The summed E-state index contributed by atoms with van der Waals surface area (Å²) >= 11 is 0.261. The lowest BCUT2D eigenvalue weighted by molar-refractivity contribution is -0.140. The molecular weight excluding hydrogens is 300 g/mol. The minimum atomic E-state index is -2.65. The first kappa shape index (κ1) is 17.4. The molecule has 0 saturated carbocycles. The highest BCUT2D eigenvalue weighted by molar-refractivity contribution is 7.99. The first-order chi connectivity index (χ1) is 9.86. The van der Waals surface area contributed by atoms with Gasteiger partial charge in [-0.05, 0) is 18.1 Å². The van der Waals surface area contributed by atoms with E-state index < -0.39 is 23.7 Å². The Balaban J connectivity index is 2.95. The summed E-state index contributed by atoms with van der Waals surface area (Å²) in [6.45, 7) is 3.52. The summed E-state index contributed by atoms with van der Waals surface area (Å²) < 4.78 is 24.9. The Bertz CT molecular complexity index is 511. The van der Waals surface area contributed by atoms with Crippen LogP contribution in [0.4, 0.5) is 8.78 Å². The van der Waals surface area contributed by atoms with E-state index in [9.17, 15) is 18.4 Å². The van der Waals surface area contributed by atoms with Crippen LogP contribution >= 0.6 is 11.8 Å². The molecule has 0 heterocycles. The molecule has 1 rings (SSSR count). The van der Waals surface area contributed by atoms with E-state index in [0.717, 1.165) is 0 Å². The van der Waals surface area contributed by atoms with Crippen molar-refractivity contribution >= 4 is 23.6 Å². The molecule has 0 aliphatic carbocycles. The fraction of sp³-hybridized carbons (Fsp3) is 0.429. The highest BCUT2D eigenvalue weighted by Gasteiger charge is 2.26. The Kier molecular flexibility index (Phi) is 6.61. The largest absolute Gasteiger partial charge is 0.480 e. The van der Waals surface area contributed by atoms with Gasteiger partial charge in [0.1, 0.15) is 6.04 Å². The molecule has 2 N–H and O–H groups in total. The van der Waals surface area contributed by atoms with Crippen LogP contribution in [0.25, 0.3) is 0 Å². The summed E-state index contributed by atoms with van der Waals surface area (Å²) in [5.74, 6) is -4.71. The second-order valence-electron chi connectivity index (χ2n) is 4.55. The monoisotopic (exact) mass is 317 g/mol. The van der Waals surface area contributed by atoms with E-state index in [4.69, 9.17) is 5.11 Å². The molecule has 4 nitrogen and oxygen atoms in total. The summed E-state index contributed by atoms with van der Waals surface area (Å²) in [5, 5.41) is 11.5. The van der Waals surface area contributed by atoms with Crippen molar-refractivity contribution < 1.29 is 23.5 Å². The zero-order valence-electron chi connectivity index (χ0n) is 11.7. The number of nitrogens with one attached hydrogen (secondary N) is 1. The molecule has 0 bridgehead atoms. The molecule has 1 unspecified atom stereocenters. The van der Waals surface area contributed by atoms with Gasteiger partial charge in [-0.25, -0.2) is 4.79 Å². The van der Waals surface area contributed by atoms with Gasteiger partial charge in [0, 0.05) is 4.90 Å². The van der Waals surface area contributed by atoms with Crippen molar-refractivity contribution in [3.8, 4) is 0 Å². The molecule has 1 aromatic rings. The molecule has 0 aromatic heterocycles. The molecule has 0 radical (unpaired) electrons. The number of carboxylic acid groups (broad SMARTS) is 1. The number of rotatable bonds is 7. The maximum atomic E-state index is 12.5. The normalized spacial score (nSPS) is 13.8. The van der Waals surface area contributed by atoms with E-state index in [0.29, 0.717) is 6.42 Å². The lowest BCUT2D eigenvalue weighted by Gasteiger charge is -2.20. The standard InChI is InChI=1S/C14H17F2NO3S/c1-3-8(2)11(13(19)20)17-12(18)9-6-4-5-7-10(9)21-14(15)16/h4-8,11,14H,3H2,1-2H3,(H,17,18)(H,19,20)/t8?,11-/m0/s1. The van der Waals surface area contributed by atoms with Crippen LogP contribution in [0.2, 0.25) is 0 Å². The Morgan fingerprint density at radius 3 is 2.48 bits per heavy atom. The van der Waals surface area contributed by atoms with Gasteiger partial charge >= 0.3 is 5.97 Å². The van der Waals surface area contributed by atoms with Crippen LogP contribution in [-0.2, 0) is 4.79 Å². The third-order valence-corrected chi connectivity index (χ3v) is 3.90. The maximum Gasteiger partial charge on any atom is 0.326 e. The van der Waals surface area contributed by atoms with Crippen LogP contribution in [0.3, 0.4) is 0 Å². The Morgan fingerprint density at radius 2 is 1.95 bits per heavy atom. The molecule has 21 heavy (non-hydrogen) atoms. The smallest absolute Gasteiger partial charge is 0.326 e. The van der Waals surface area contributed by atoms with E-state index in [1.807, 2.05) is 6.92 Å². The van der Waals surface area contributed by atoms with Crippen LogP contribution in [0.1, 0.15) is 30.6 Å². The number of amides is 1. The van der Waals surface area contributed by atoms with Crippen molar-refractivity contribution in [1.82, 2.24) is 5.32 Å². The Hall–Kier alpha value is -1.63. The molecule has 0 spiro atoms. The van der Waals surface area contributed by atoms with E-state index in [1.165, 1.54) is 12.1 Å². The van der Waals surface area contributed by atoms with Crippen molar-refractivity contribution in [2.24, 2.45) is 5.92 Å². The minimum Gasteiger partial charge on any atom is -0.480 e. The highest BCUT2D eigenvalue weighted by atomic mass is 32.2. The van der Waals surface area contributed by atoms with E-state index >= 15 is 0 Å². The minimum absolute atomic E-state index is 0.0531. The van der Waals surface area contributed by atoms with Crippen molar-refractivity contribution in [2.45, 2.75) is 37.0 Å². The van der Waals surface area contributed by atoms with E-state index in [2.05, 4.69) is 5.32 Å². The maximum absolute atomic E-state index is 12.5. The molecule has 0 saturated heterocycles. The number of hydrogen-bond acceptors (Lipinski definition) is 3. The van der Waals surface area contributed by atoms with Gasteiger partial charge in [-0.3, -0.25) is 4.79 Å². The second-order valence-corrected chi connectivity index (χ2v) is 5.58. The molecule has 0 aliphatic heterocycles. The zero-order chi connectivity index (χ0) is 16.0. The van der Waals surface area contributed by atoms with Gasteiger partial charge in [-0.15, -0.1) is 0 Å². The molecule has 0 aliphatic rings. The zero-order valence-corrected chi connectivity index (χ0v) is 12.5. The van der Waals surface area contributed by atoms with Crippen LogP contribution < -0.4 is 5.32 Å². The molecule has 1 aromatic carbocycles. The van der Waals surface area contributed by atoms with Gasteiger partial charge in [-0.1, -0.05) is 44.2 Å². The van der Waals surface area contributed by atoms with Crippen molar-refractivity contribution in [3.05, 3.63) is 29.8 Å².